The molecule has 0 aromatic heterocycles. The largest absolute Gasteiger partial charge is 0.371 e. The predicted molar refractivity (Wildman–Crippen MR) is 97.3 cm³/mol. The van der Waals surface area contributed by atoms with Crippen molar-refractivity contribution in [2.24, 2.45) is 0 Å². The molecule has 0 spiro atoms. The van der Waals surface area contributed by atoms with Crippen molar-refractivity contribution >= 4 is 5.91 Å². The van der Waals surface area contributed by atoms with Crippen LogP contribution in [0.15, 0.2) is 66.4 Å². The van der Waals surface area contributed by atoms with E-state index in [1.165, 1.54) is 11.1 Å². The van der Waals surface area contributed by atoms with Crippen molar-refractivity contribution in [2.75, 3.05) is 6.54 Å². The van der Waals surface area contributed by atoms with E-state index in [4.69, 9.17) is 0 Å². The predicted octanol–water partition coefficient (Wildman–Crippen LogP) is 3.33. The second kappa shape index (κ2) is 7.67. The molecule has 3 rings (SSSR count). The summed E-state index contributed by atoms with van der Waals surface area (Å²) < 4.78 is 0. The van der Waals surface area contributed by atoms with Gasteiger partial charge in [0.05, 0.1) is 6.04 Å². The molecule has 1 amide bonds. The highest BCUT2D eigenvalue weighted by molar-refractivity contribution is 5.97. The number of hydrogen-bond donors (Lipinski definition) is 1. The lowest BCUT2D eigenvalue weighted by Gasteiger charge is -2.27. The highest BCUT2D eigenvalue weighted by Gasteiger charge is 2.18. The maximum absolute atomic E-state index is 12.4. The van der Waals surface area contributed by atoms with Crippen LogP contribution in [0.3, 0.4) is 0 Å². The third kappa shape index (κ3) is 4.07. The zero-order chi connectivity index (χ0) is 17.6. The smallest absolute Gasteiger partial charge is 0.263 e. The molecule has 0 bridgehead atoms. The Morgan fingerprint density at radius 1 is 1.16 bits per heavy atom. The van der Waals surface area contributed by atoms with Crippen molar-refractivity contribution < 1.29 is 4.79 Å². The minimum absolute atomic E-state index is 0.141. The highest BCUT2D eigenvalue weighted by atomic mass is 16.1. The summed E-state index contributed by atoms with van der Waals surface area (Å²) in [5.74, 6) is -0.335. The van der Waals surface area contributed by atoms with Gasteiger partial charge in [0, 0.05) is 19.3 Å². The fourth-order valence-electron chi connectivity index (χ4n) is 3.05. The molecular weight excluding hydrogens is 310 g/mol. The first kappa shape index (κ1) is 16.8. The first-order valence-electron chi connectivity index (χ1n) is 8.46. The van der Waals surface area contributed by atoms with Gasteiger partial charge in [-0.1, -0.05) is 54.6 Å². The van der Waals surface area contributed by atoms with Crippen LogP contribution in [0.25, 0.3) is 0 Å². The van der Waals surface area contributed by atoms with E-state index in [1.54, 1.807) is 6.20 Å². The topological polar surface area (TPSA) is 56.1 Å². The SMILES string of the molecule is CC(NC(=O)/C(C#N)=C\N1CCc2ccccc2C1)c1ccccc1. The van der Waals surface area contributed by atoms with Gasteiger partial charge in [-0.25, -0.2) is 0 Å². The van der Waals surface area contributed by atoms with E-state index in [2.05, 4.69) is 17.4 Å². The maximum Gasteiger partial charge on any atom is 0.263 e. The van der Waals surface area contributed by atoms with Gasteiger partial charge in [0.25, 0.3) is 5.91 Å². The summed E-state index contributed by atoms with van der Waals surface area (Å²) in [4.78, 5) is 14.5. The van der Waals surface area contributed by atoms with Crippen LogP contribution in [0.1, 0.15) is 29.7 Å². The minimum atomic E-state index is -0.335. The van der Waals surface area contributed by atoms with Crippen LogP contribution in [0.4, 0.5) is 0 Å². The number of nitrogens with zero attached hydrogens (tertiary/aromatic N) is 2. The molecule has 2 aromatic rings. The van der Waals surface area contributed by atoms with E-state index in [9.17, 15) is 10.1 Å². The van der Waals surface area contributed by atoms with E-state index in [1.807, 2.05) is 60.4 Å². The maximum atomic E-state index is 12.4. The standard InChI is InChI=1S/C21H21N3O/c1-16(17-7-3-2-4-8-17)23-21(25)20(13-22)15-24-12-11-18-9-5-6-10-19(18)14-24/h2-10,15-16H,11-12,14H2,1H3,(H,23,25)/b20-15-. The highest BCUT2D eigenvalue weighted by Crippen LogP contribution is 2.19. The molecule has 25 heavy (non-hydrogen) atoms. The van der Waals surface area contributed by atoms with E-state index in [0.717, 1.165) is 25.1 Å². The van der Waals surface area contributed by atoms with Gasteiger partial charge >= 0.3 is 0 Å². The van der Waals surface area contributed by atoms with Gasteiger partial charge in [0.2, 0.25) is 0 Å². The van der Waals surface area contributed by atoms with Gasteiger partial charge in [-0.3, -0.25) is 4.79 Å². The normalized spacial score (nSPS) is 15.0. The van der Waals surface area contributed by atoms with Crippen molar-refractivity contribution in [3.63, 3.8) is 0 Å². The zero-order valence-electron chi connectivity index (χ0n) is 14.3. The Kier molecular flexibility index (Phi) is 5.15. The Morgan fingerprint density at radius 3 is 2.56 bits per heavy atom. The van der Waals surface area contributed by atoms with Gasteiger partial charge in [-0.05, 0) is 30.0 Å². The Morgan fingerprint density at radius 2 is 1.84 bits per heavy atom. The molecule has 0 fully saturated rings. The Labute approximate surface area is 148 Å². The fraction of sp³-hybridized carbons (Fsp3) is 0.238. The molecule has 1 aliphatic rings. The quantitative estimate of drug-likeness (QED) is 0.690. The minimum Gasteiger partial charge on any atom is -0.371 e. The molecule has 4 nitrogen and oxygen atoms in total. The molecule has 0 radical (unpaired) electrons. The number of hydrogen-bond acceptors (Lipinski definition) is 3. The molecule has 1 atom stereocenters. The molecule has 0 saturated carbocycles. The molecule has 4 heteroatoms. The summed E-state index contributed by atoms with van der Waals surface area (Å²) in [5, 5.41) is 12.3. The summed E-state index contributed by atoms with van der Waals surface area (Å²) in [7, 11) is 0. The van der Waals surface area contributed by atoms with Crippen LogP contribution in [-0.4, -0.2) is 17.4 Å². The van der Waals surface area contributed by atoms with Gasteiger partial charge in [0.1, 0.15) is 11.6 Å². The molecule has 1 aliphatic heterocycles. The second-order valence-corrected chi connectivity index (χ2v) is 6.25. The average molecular weight is 331 g/mol. The summed E-state index contributed by atoms with van der Waals surface area (Å²) in [6.45, 7) is 3.45. The molecule has 1 unspecified atom stereocenters. The van der Waals surface area contributed by atoms with Crippen molar-refractivity contribution in [3.05, 3.63) is 83.1 Å². The van der Waals surface area contributed by atoms with Crippen LogP contribution in [0.5, 0.6) is 0 Å². The average Bonchev–Trinajstić information content (AvgIpc) is 2.66. The number of nitriles is 1. The number of rotatable bonds is 4. The Bertz CT molecular complexity index is 821. The van der Waals surface area contributed by atoms with E-state index in [0.29, 0.717) is 0 Å². The van der Waals surface area contributed by atoms with E-state index in [-0.39, 0.29) is 17.5 Å². The molecule has 1 N–H and O–H groups in total. The first-order valence-corrected chi connectivity index (χ1v) is 8.46. The van der Waals surface area contributed by atoms with Gasteiger partial charge in [0.15, 0.2) is 0 Å². The van der Waals surface area contributed by atoms with Crippen molar-refractivity contribution in [1.82, 2.24) is 10.2 Å². The van der Waals surface area contributed by atoms with Crippen molar-refractivity contribution in [1.29, 1.82) is 5.26 Å². The lowest BCUT2D eigenvalue weighted by Crippen LogP contribution is -2.31. The van der Waals surface area contributed by atoms with Crippen LogP contribution in [0.2, 0.25) is 0 Å². The monoisotopic (exact) mass is 331 g/mol. The van der Waals surface area contributed by atoms with Crippen molar-refractivity contribution in [3.8, 4) is 6.07 Å². The second-order valence-electron chi connectivity index (χ2n) is 6.25. The molecule has 1 heterocycles. The molecule has 0 aliphatic carbocycles. The summed E-state index contributed by atoms with van der Waals surface area (Å²) >= 11 is 0. The number of amides is 1. The van der Waals surface area contributed by atoms with Gasteiger partial charge in [-0.2, -0.15) is 5.26 Å². The zero-order valence-corrected chi connectivity index (χ0v) is 14.3. The van der Waals surface area contributed by atoms with Crippen LogP contribution < -0.4 is 5.32 Å². The third-order valence-electron chi connectivity index (χ3n) is 4.48. The van der Waals surface area contributed by atoms with E-state index >= 15 is 0 Å². The Hall–Kier alpha value is -3.06. The lowest BCUT2D eigenvalue weighted by atomic mass is 10.00. The van der Waals surface area contributed by atoms with Crippen LogP contribution >= 0.6 is 0 Å². The number of carbonyl (C=O) groups excluding carboxylic acids is 1. The Balaban J connectivity index is 1.69. The lowest BCUT2D eigenvalue weighted by molar-refractivity contribution is -0.117. The van der Waals surface area contributed by atoms with Crippen molar-refractivity contribution in [2.45, 2.75) is 25.9 Å². The number of nitrogens with one attached hydrogen (secondary N) is 1. The third-order valence-corrected chi connectivity index (χ3v) is 4.48. The van der Waals surface area contributed by atoms with Crippen LogP contribution in [0, 0.1) is 11.3 Å². The number of carbonyl (C=O) groups is 1. The summed E-state index contributed by atoms with van der Waals surface area (Å²) in [6.07, 6.45) is 2.61. The van der Waals surface area contributed by atoms with Crippen LogP contribution in [-0.2, 0) is 17.8 Å². The fourth-order valence-corrected chi connectivity index (χ4v) is 3.05. The van der Waals surface area contributed by atoms with E-state index < -0.39 is 0 Å². The molecule has 0 saturated heterocycles. The number of benzene rings is 2. The summed E-state index contributed by atoms with van der Waals surface area (Å²) in [6, 6.07) is 19.9. The molecular formula is C21H21N3O. The summed E-state index contributed by atoms with van der Waals surface area (Å²) in [5.41, 5.74) is 3.75. The number of fused-ring (bicyclic) bond motifs is 1. The molecule has 126 valence electrons. The first-order chi connectivity index (χ1) is 12.2. The van der Waals surface area contributed by atoms with Gasteiger partial charge in [-0.15, -0.1) is 0 Å². The molecule has 2 aromatic carbocycles. The van der Waals surface area contributed by atoms with Gasteiger partial charge < -0.3 is 10.2 Å².